The number of nitrogens with zero attached hydrogens (tertiary/aromatic N) is 3. The first-order valence-electron chi connectivity index (χ1n) is 8.48. The molecule has 1 aliphatic carbocycles. The second-order valence-corrected chi connectivity index (χ2v) is 9.51. The molecule has 1 atom stereocenters. The molecule has 1 aliphatic rings. The van der Waals surface area contributed by atoms with Crippen molar-refractivity contribution >= 4 is 39.0 Å². The molecule has 2 aromatic heterocycles. The Morgan fingerprint density at radius 1 is 1.36 bits per heavy atom. The first-order chi connectivity index (χ1) is 12.1. The lowest BCUT2D eigenvalue weighted by atomic mass is 9.88. The molecule has 0 bridgehead atoms. The van der Waals surface area contributed by atoms with Gasteiger partial charge in [-0.2, -0.15) is 0 Å². The van der Waals surface area contributed by atoms with Crippen LogP contribution in [0.25, 0.3) is 11.4 Å². The molecule has 2 heterocycles. The van der Waals surface area contributed by atoms with Gasteiger partial charge < -0.3 is 4.57 Å². The third-order valence-electron chi connectivity index (χ3n) is 4.73. The van der Waals surface area contributed by atoms with Crippen LogP contribution in [0.5, 0.6) is 0 Å². The fourth-order valence-electron chi connectivity index (χ4n) is 3.31. The topological polar surface area (TPSA) is 30.7 Å². The van der Waals surface area contributed by atoms with Crippen molar-refractivity contribution in [3.05, 3.63) is 50.1 Å². The van der Waals surface area contributed by atoms with Crippen LogP contribution in [0.4, 0.5) is 0 Å². The molecule has 6 heteroatoms. The van der Waals surface area contributed by atoms with Crippen LogP contribution >= 0.6 is 39.0 Å². The van der Waals surface area contributed by atoms with Gasteiger partial charge in [0.1, 0.15) is 0 Å². The second kappa shape index (κ2) is 7.25. The van der Waals surface area contributed by atoms with Gasteiger partial charge in [0.25, 0.3) is 0 Å². The number of hydrogen-bond acceptors (Lipinski definition) is 4. The van der Waals surface area contributed by atoms with Gasteiger partial charge in [-0.25, -0.2) is 0 Å². The molecule has 0 saturated carbocycles. The second-order valence-electron chi connectivity index (χ2n) is 6.68. The van der Waals surface area contributed by atoms with Gasteiger partial charge in [-0.1, -0.05) is 46.7 Å². The minimum absolute atomic E-state index is 0.801. The highest BCUT2D eigenvalue weighted by Gasteiger charge is 2.23. The van der Waals surface area contributed by atoms with Crippen molar-refractivity contribution in [2.45, 2.75) is 37.1 Å². The largest absolute Gasteiger partial charge is 0.305 e. The van der Waals surface area contributed by atoms with Gasteiger partial charge in [-0.15, -0.1) is 21.5 Å². The minimum Gasteiger partial charge on any atom is -0.305 e. The van der Waals surface area contributed by atoms with E-state index in [2.05, 4.69) is 74.3 Å². The molecule has 0 N–H and O–H groups in total. The molecule has 0 spiro atoms. The quantitative estimate of drug-likeness (QED) is 0.492. The molecule has 25 heavy (non-hydrogen) atoms. The number of hydrogen-bond donors (Lipinski definition) is 0. The van der Waals surface area contributed by atoms with Gasteiger partial charge in [0.2, 0.25) is 0 Å². The van der Waals surface area contributed by atoms with Crippen LogP contribution in [0, 0.1) is 5.92 Å². The summed E-state index contributed by atoms with van der Waals surface area (Å²) in [5.41, 5.74) is 4.07. The summed E-state index contributed by atoms with van der Waals surface area (Å²) in [6, 6.07) is 8.42. The van der Waals surface area contributed by atoms with Crippen LogP contribution in [0.3, 0.4) is 0 Å². The standard InChI is InChI=1S/C19H20BrN3S2/c1-12-6-7-15-16(11-24-17(15)8-12)18-21-22-19(23(18)2)25-10-13-4-3-5-14(20)9-13/h3-5,9,11-12H,6-8,10H2,1-2H3. The number of thioether (sulfide) groups is 1. The van der Waals surface area contributed by atoms with Crippen LogP contribution < -0.4 is 0 Å². The van der Waals surface area contributed by atoms with Gasteiger partial charge >= 0.3 is 0 Å². The molecule has 0 radical (unpaired) electrons. The van der Waals surface area contributed by atoms with E-state index in [0.717, 1.165) is 27.1 Å². The van der Waals surface area contributed by atoms with Crippen LogP contribution in [0.2, 0.25) is 0 Å². The Balaban J connectivity index is 1.55. The van der Waals surface area contributed by atoms with Gasteiger partial charge in [0.05, 0.1) is 0 Å². The summed E-state index contributed by atoms with van der Waals surface area (Å²) < 4.78 is 3.26. The Labute approximate surface area is 165 Å². The van der Waals surface area contributed by atoms with Crippen LogP contribution in [-0.4, -0.2) is 14.8 Å². The van der Waals surface area contributed by atoms with Gasteiger partial charge in [0.15, 0.2) is 11.0 Å². The Hall–Kier alpha value is -1.11. The molecule has 0 saturated heterocycles. The van der Waals surface area contributed by atoms with E-state index in [1.54, 1.807) is 16.6 Å². The number of halogens is 1. The van der Waals surface area contributed by atoms with E-state index in [0.29, 0.717) is 0 Å². The number of aromatic nitrogens is 3. The SMILES string of the molecule is CC1CCc2c(-c3nnc(SCc4cccc(Br)c4)n3C)csc2C1. The number of fused-ring (bicyclic) bond motifs is 1. The molecule has 3 aromatic rings. The summed E-state index contributed by atoms with van der Waals surface area (Å²) in [7, 11) is 2.08. The van der Waals surface area contributed by atoms with Crippen LogP contribution in [0.1, 0.15) is 29.3 Å². The molecular weight excluding hydrogens is 414 g/mol. The summed E-state index contributed by atoms with van der Waals surface area (Å²) in [6.45, 7) is 2.35. The zero-order valence-corrected chi connectivity index (χ0v) is 17.5. The average Bonchev–Trinajstić information content (AvgIpc) is 3.16. The first-order valence-corrected chi connectivity index (χ1v) is 11.1. The minimum atomic E-state index is 0.801. The van der Waals surface area contributed by atoms with E-state index in [9.17, 15) is 0 Å². The molecule has 1 aromatic carbocycles. The Morgan fingerprint density at radius 2 is 2.24 bits per heavy atom. The van der Waals surface area contributed by atoms with E-state index >= 15 is 0 Å². The van der Waals surface area contributed by atoms with Crippen molar-refractivity contribution in [1.82, 2.24) is 14.8 Å². The van der Waals surface area contributed by atoms with Crippen molar-refractivity contribution in [2.24, 2.45) is 13.0 Å². The summed E-state index contributed by atoms with van der Waals surface area (Å²) in [4.78, 5) is 1.54. The normalized spacial score (nSPS) is 16.8. The van der Waals surface area contributed by atoms with E-state index in [-0.39, 0.29) is 0 Å². The van der Waals surface area contributed by atoms with Crippen LogP contribution in [0.15, 0.2) is 39.3 Å². The predicted octanol–water partition coefficient (Wildman–Crippen LogP) is 5.72. The summed E-state index contributed by atoms with van der Waals surface area (Å²) in [6.07, 6.45) is 3.66. The Kier molecular flexibility index (Phi) is 5.02. The van der Waals surface area contributed by atoms with Gasteiger partial charge in [-0.05, 0) is 48.4 Å². The molecule has 1 unspecified atom stereocenters. The lowest BCUT2D eigenvalue weighted by Gasteiger charge is -2.18. The van der Waals surface area contributed by atoms with Gasteiger partial charge in [0, 0.05) is 33.1 Å². The van der Waals surface area contributed by atoms with Crippen LogP contribution in [-0.2, 0) is 25.6 Å². The van der Waals surface area contributed by atoms with Crippen molar-refractivity contribution < 1.29 is 0 Å². The predicted molar refractivity (Wildman–Crippen MR) is 109 cm³/mol. The fraction of sp³-hybridized carbons (Fsp3) is 0.368. The summed E-state index contributed by atoms with van der Waals surface area (Å²) >= 11 is 7.15. The Bertz CT molecular complexity index is 900. The highest BCUT2D eigenvalue weighted by atomic mass is 79.9. The lowest BCUT2D eigenvalue weighted by Crippen LogP contribution is -2.09. The molecule has 0 amide bonds. The van der Waals surface area contributed by atoms with Crippen molar-refractivity contribution in [1.29, 1.82) is 0 Å². The van der Waals surface area contributed by atoms with Crippen molar-refractivity contribution in [3.8, 4) is 11.4 Å². The van der Waals surface area contributed by atoms with E-state index in [1.165, 1.54) is 36.0 Å². The van der Waals surface area contributed by atoms with Crippen molar-refractivity contribution in [3.63, 3.8) is 0 Å². The maximum Gasteiger partial charge on any atom is 0.191 e. The molecule has 3 nitrogen and oxygen atoms in total. The zero-order valence-electron chi connectivity index (χ0n) is 14.3. The molecule has 0 fully saturated rings. The van der Waals surface area contributed by atoms with E-state index < -0.39 is 0 Å². The monoisotopic (exact) mass is 433 g/mol. The number of rotatable bonds is 4. The molecule has 4 rings (SSSR count). The van der Waals surface area contributed by atoms with E-state index in [4.69, 9.17) is 0 Å². The lowest BCUT2D eigenvalue weighted by molar-refractivity contribution is 0.508. The molecular formula is C19H20BrN3S2. The molecule has 130 valence electrons. The fourth-order valence-corrected chi connectivity index (χ4v) is 5.86. The Morgan fingerprint density at radius 3 is 3.08 bits per heavy atom. The maximum absolute atomic E-state index is 4.50. The maximum atomic E-state index is 4.50. The zero-order chi connectivity index (χ0) is 17.4. The highest BCUT2D eigenvalue weighted by Crippen LogP contribution is 2.38. The molecule has 0 aliphatic heterocycles. The number of benzene rings is 1. The smallest absolute Gasteiger partial charge is 0.191 e. The third kappa shape index (κ3) is 3.57. The summed E-state index contributed by atoms with van der Waals surface area (Å²) in [5, 5.41) is 12.2. The van der Waals surface area contributed by atoms with Crippen molar-refractivity contribution in [2.75, 3.05) is 0 Å². The third-order valence-corrected chi connectivity index (χ3v) is 7.37. The van der Waals surface area contributed by atoms with E-state index in [1.807, 2.05) is 11.3 Å². The summed E-state index contributed by atoms with van der Waals surface area (Å²) in [5.74, 6) is 2.70. The number of thiophene rings is 1. The average molecular weight is 434 g/mol. The van der Waals surface area contributed by atoms with Gasteiger partial charge in [-0.3, -0.25) is 0 Å². The highest BCUT2D eigenvalue weighted by molar-refractivity contribution is 9.10. The first kappa shape index (κ1) is 17.3.